The molecule has 2 amide bonds. The second-order valence-corrected chi connectivity index (χ2v) is 7.94. The Kier molecular flexibility index (Phi) is 5.52. The highest BCUT2D eigenvalue weighted by Gasteiger charge is 2.59. The van der Waals surface area contributed by atoms with Crippen LogP contribution in [0.25, 0.3) is 0 Å². The van der Waals surface area contributed by atoms with Crippen LogP contribution in [0.15, 0.2) is 61.1 Å². The third-order valence-corrected chi connectivity index (χ3v) is 6.46. The molecule has 3 aromatic rings. The summed E-state index contributed by atoms with van der Waals surface area (Å²) in [5.74, 6) is -0.0985. The van der Waals surface area contributed by atoms with E-state index in [0.29, 0.717) is 18.5 Å². The van der Waals surface area contributed by atoms with Gasteiger partial charge in [-0.25, -0.2) is 0 Å². The highest BCUT2D eigenvalue weighted by molar-refractivity contribution is 6.08. The number of benzene rings is 1. The lowest BCUT2D eigenvalue weighted by Gasteiger charge is -2.34. The van der Waals surface area contributed by atoms with Crippen LogP contribution in [-0.2, 0) is 22.1 Å². The van der Waals surface area contributed by atoms with Crippen molar-refractivity contribution in [3.63, 3.8) is 0 Å². The van der Waals surface area contributed by atoms with E-state index in [1.807, 2.05) is 72.1 Å². The quantitative estimate of drug-likeness (QED) is 0.606. The number of para-hydroxylation sites is 1. The molecule has 0 aliphatic carbocycles. The molecule has 2 aliphatic heterocycles. The van der Waals surface area contributed by atoms with Gasteiger partial charge in [0.25, 0.3) is 12.4 Å². The average Bonchev–Trinajstić information content (AvgIpc) is 3.45. The Balaban J connectivity index is 0.000000775. The molecule has 8 nitrogen and oxygen atoms in total. The van der Waals surface area contributed by atoms with E-state index >= 15 is 0 Å². The van der Waals surface area contributed by atoms with Crippen LogP contribution in [0, 0.1) is 6.92 Å². The minimum absolute atomic E-state index is 0.0485. The van der Waals surface area contributed by atoms with Gasteiger partial charge >= 0.3 is 0 Å². The largest absolute Gasteiger partial charge is 0.483 e. The van der Waals surface area contributed by atoms with Crippen molar-refractivity contribution in [3.8, 4) is 0 Å². The van der Waals surface area contributed by atoms with Crippen LogP contribution in [0.1, 0.15) is 39.6 Å². The summed E-state index contributed by atoms with van der Waals surface area (Å²) in [5, 5.41) is 9.93. The number of aryl methyl sites for hydroxylation is 1. The summed E-state index contributed by atoms with van der Waals surface area (Å²) in [6.07, 6.45) is 5.95. The molecule has 2 aromatic heterocycles. The van der Waals surface area contributed by atoms with Gasteiger partial charge in [0.15, 0.2) is 0 Å². The number of anilines is 1. The molecule has 0 saturated carbocycles. The maximum Gasteiger partial charge on any atom is 0.290 e. The number of nitrogens with one attached hydrogen (secondary N) is 1. The van der Waals surface area contributed by atoms with Gasteiger partial charge in [-0.1, -0.05) is 24.3 Å². The van der Waals surface area contributed by atoms with Crippen molar-refractivity contribution in [1.29, 1.82) is 0 Å². The van der Waals surface area contributed by atoms with E-state index in [9.17, 15) is 9.59 Å². The maximum absolute atomic E-state index is 13.6. The molecular formula is C24H24N4O4. The molecule has 1 spiro atoms. The van der Waals surface area contributed by atoms with Crippen molar-refractivity contribution in [3.05, 3.63) is 83.4 Å². The van der Waals surface area contributed by atoms with E-state index in [-0.39, 0.29) is 18.3 Å². The van der Waals surface area contributed by atoms with Gasteiger partial charge in [-0.15, -0.1) is 0 Å². The molecule has 164 valence electrons. The molecule has 1 aromatic carbocycles. The minimum atomic E-state index is -0.808. The smallest absolute Gasteiger partial charge is 0.290 e. The first-order chi connectivity index (χ1) is 15.5. The van der Waals surface area contributed by atoms with Gasteiger partial charge in [0.2, 0.25) is 5.91 Å². The summed E-state index contributed by atoms with van der Waals surface area (Å²) in [6.45, 7) is 2.20. The number of hydrogen-bond donors (Lipinski definition) is 2. The summed E-state index contributed by atoms with van der Waals surface area (Å²) in [7, 11) is 1.93. The molecule has 2 unspecified atom stereocenters. The zero-order chi connectivity index (χ0) is 22.9. The van der Waals surface area contributed by atoms with Crippen LogP contribution < -0.4 is 5.32 Å². The maximum atomic E-state index is 13.6. The fraction of sp³-hybridized carbons (Fsp3) is 0.250. The number of fused-ring (bicyclic) bond motifs is 2. The molecule has 8 heteroatoms. The number of amides is 2. The molecule has 32 heavy (non-hydrogen) atoms. The molecule has 2 aliphatic rings. The number of nitrogens with zero attached hydrogens (tertiary/aromatic N) is 3. The van der Waals surface area contributed by atoms with Crippen molar-refractivity contribution in [2.45, 2.75) is 24.8 Å². The zero-order valence-corrected chi connectivity index (χ0v) is 17.9. The van der Waals surface area contributed by atoms with Crippen molar-refractivity contribution in [2.24, 2.45) is 7.05 Å². The average molecular weight is 432 g/mol. The van der Waals surface area contributed by atoms with Gasteiger partial charge in [0.1, 0.15) is 5.41 Å². The van der Waals surface area contributed by atoms with Gasteiger partial charge in [0, 0.05) is 43.6 Å². The first-order valence-electron chi connectivity index (χ1n) is 10.3. The van der Waals surface area contributed by atoms with Gasteiger partial charge in [-0.05, 0) is 42.7 Å². The Hall–Kier alpha value is -3.94. The topological polar surface area (TPSA) is 105 Å². The standard InChI is InChI=1S/C23H22N4O2.CH2O2/c1-15-17(9-12-26(15)2)21(28)27-13-10-23(20(27)16-6-5-11-24-14-16)18-7-3-4-8-19(18)25-22(23)29;2-1-3/h3-9,11-12,14,20H,10,13H2,1-2H3,(H,25,29);1H,(H,2,3). The van der Waals surface area contributed by atoms with Crippen LogP contribution >= 0.6 is 0 Å². The number of carbonyl (C=O) groups is 3. The first-order valence-corrected chi connectivity index (χ1v) is 10.3. The molecule has 0 radical (unpaired) electrons. The number of pyridine rings is 1. The lowest BCUT2D eigenvalue weighted by Crippen LogP contribution is -2.42. The Morgan fingerprint density at radius 2 is 2.00 bits per heavy atom. The van der Waals surface area contributed by atoms with Crippen LogP contribution in [0.4, 0.5) is 5.69 Å². The van der Waals surface area contributed by atoms with E-state index < -0.39 is 11.5 Å². The summed E-state index contributed by atoms with van der Waals surface area (Å²) < 4.78 is 1.94. The van der Waals surface area contributed by atoms with Crippen molar-refractivity contribution in [1.82, 2.24) is 14.5 Å². The van der Waals surface area contributed by atoms with E-state index in [4.69, 9.17) is 9.90 Å². The summed E-state index contributed by atoms with van der Waals surface area (Å²) in [6, 6.07) is 13.0. The van der Waals surface area contributed by atoms with Crippen LogP contribution in [0.5, 0.6) is 0 Å². The van der Waals surface area contributed by atoms with E-state index in [0.717, 1.165) is 22.5 Å². The number of hydrogen-bond acceptors (Lipinski definition) is 4. The molecule has 1 saturated heterocycles. The summed E-state index contributed by atoms with van der Waals surface area (Å²) in [4.78, 5) is 41.4. The minimum Gasteiger partial charge on any atom is -0.483 e. The van der Waals surface area contributed by atoms with Gasteiger partial charge in [-0.3, -0.25) is 19.4 Å². The van der Waals surface area contributed by atoms with Crippen molar-refractivity contribution >= 4 is 24.0 Å². The highest BCUT2D eigenvalue weighted by atomic mass is 16.3. The predicted octanol–water partition coefficient (Wildman–Crippen LogP) is 2.91. The normalized spacial score (nSPS) is 21.0. The fourth-order valence-corrected chi connectivity index (χ4v) is 4.90. The van der Waals surface area contributed by atoms with Gasteiger partial charge < -0.3 is 19.9 Å². The van der Waals surface area contributed by atoms with Gasteiger partial charge in [0.05, 0.1) is 11.6 Å². The molecular weight excluding hydrogens is 408 g/mol. The van der Waals surface area contributed by atoms with E-state index in [2.05, 4.69) is 10.3 Å². The third kappa shape index (κ3) is 3.15. The predicted molar refractivity (Wildman–Crippen MR) is 118 cm³/mol. The summed E-state index contributed by atoms with van der Waals surface area (Å²) in [5.41, 5.74) is 3.44. The lowest BCUT2D eigenvalue weighted by molar-refractivity contribution is -0.123. The second-order valence-electron chi connectivity index (χ2n) is 7.94. The van der Waals surface area contributed by atoms with Crippen LogP contribution in [-0.4, -0.2) is 44.4 Å². The lowest BCUT2D eigenvalue weighted by atomic mass is 9.73. The number of likely N-dealkylation sites (tertiary alicyclic amines) is 1. The molecule has 0 bridgehead atoms. The van der Waals surface area contributed by atoms with Crippen LogP contribution in [0.2, 0.25) is 0 Å². The highest BCUT2D eigenvalue weighted by Crippen LogP contribution is 2.54. The third-order valence-electron chi connectivity index (χ3n) is 6.46. The van der Waals surface area contributed by atoms with Crippen molar-refractivity contribution in [2.75, 3.05) is 11.9 Å². The fourth-order valence-electron chi connectivity index (χ4n) is 4.90. The molecule has 2 N–H and O–H groups in total. The Morgan fingerprint density at radius 1 is 1.25 bits per heavy atom. The van der Waals surface area contributed by atoms with Crippen LogP contribution in [0.3, 0.4) is 0 Å². The van der Waals surface area contributed by atoms with E-state index in [1.54, 1.807) is 12.4 Å². The molecule has 4 heterocycles. The second kappa shape index (κ2) is 8.30. The number of rotatable bonds is 2. The number of carboxylic acid groups (broad SMARTS) is 1. The number of aromatic nitrogens is 2. The van der Waals surface area contributed by atoms with Crippen molar-refractivity contribution < 1.29 is 19.5 Å². The molecule has 1 fully saturated rings. The van der Waals surface area contributed by atoms with Gasteiger partial charge in [-0.2, -0.15) is 0 Å². The molecule has 5 rings (SSSR count). The van der Waals surface area contributed by atoms with E-state index in [1.165, 1.54) is 0 Å². The Bertz CT molecular complexity index is 1170. The number of carbonyl (C=O) groups excluding carboxylic acids is 2. The molecule has 2 atom stereocenters. The first kappa shape index (κ1) is 21.3. The monoisotopic (exact) mass is 432 g/mol. The Labute approximate surface area is 185 Å². The summed E-state index contributed by atoms with van der Waals surface area (Å²) >= 11 is 0. The Morgan fingerprint density at radius 3 is 2.66 bits per heavy atom. The SMILES string of the molecule is Cc1c(C(=O)N2CCC3(C(=O)Nc4ccccc43)C2c2cccnc2)ccn1C.O=CO. The zero-order valence-electron chi connectivity index (χ0n) is 17.9.